The number of methoxy groups -OCH3 is 2. The average Bonchev–Trinajstić information content (AvgIpc) is 2.54. The molecule has 0 bridgehead atoms. The van der Waals surface area contributed by atoms with E-state index in [2.05, 4.69) is 10.6 Å². The summed E-state index contributed by atoms with van der Waals surface area (Å²) in [5, 5.41) is 5.57. The highest BCUT2D eigenvalue weighted by Crippen LogP contribution is 2.26. The summed E-state index contributed by atoms with van der Waals surface area (Å²) in [5.41, 5.74) is 2.30. The number of ether oxygens (including phenoxy) is 2. The van der Waals surface area contributed by atoms with Gasteiger partial charge in [-0.15, -0.1) is 0 Å². The van der Waals surface area contributed by atoms with Crippen molar-refractivity contribution in [3.63, 3.8) is 0 Å². The smallest absolute Gasteiger partial charge is 0.323 e. The Morgan fingerprint density at radius 3 is 2.09 bits per heavy atom. The van der Waals surface area contributed by atoms with Crippen LogP contribution in [-0.4, -0.2) is 34.3 Å². The van der Waals surface area contributed by atoms with Crippen LogP contribution in [0.5, 0.6) is 11.5 Å². The van der Waals surface area contributed by atoms with Crippen LogP contribution in [0.2, 0.25) is 0 Å². The van der Waals surface area contributed by atoms with Crippen LogP contribution in [0.1, 0.15) is 0 Å². The fourth-order valence-corrected chi connectivity index (χ4v) is 2.03. The van der Waals surface area contributed by atoms with Crippen molar-refractivity contribution in [3.05, 3.63) is 42.5 Å². The Labute approximate surface area is 136 Å². The quantitative estimate of drug-likeness (QED) is 0.887. The number of carbonyl (C=O) groups excluding carboxylic acids is 1. The molecule has 0 atom stereocenters. The van der Waals surface area contributed by atoms with Crippen molar-refractivity contribution in [2.24, 2.45) is 0 Å². The van der Waals surface area contributed by atoms with Crippen molar-refractivity contribution in [1.82, 2.24) is 0 Å². The Morgan fingerprint density at radius 2 is 1.52 bits per heavy atom. The summed E-state index contributed by atoms with van der Waals surface area (Å²) in [6, 6.07) is 12.4. The number of nitrogens with one attached hydrogen (secondary N) is 2. The van der Waals surface area contributed by atoms with Gasteiger partial charge in [0.05, 0.1) is 14.2 Å². The van der Waals surface area contributed by atoms with E-state index in [9.17, 15) is 4.79 Å². The Kier molecular flexibility index (Phi) is 5.30. The van der Waals surface area contributed by atoms with Crippen LogP contribution in [0.4, 0.5) is 21.9 Å². The van der Waals surface area contributed by atoms with Crippen LogP contribution in [-0.2, 0) is 0 Å². The third-order valence-electron chi connectivity index (χ3n) is 3.23. The van der Waals surface area contributed by atoms with Gasteiger partial charge >= 0.3 is 6.03 Å². The summed E-state index contributed by atoms with van der Waals surface area (Å²) in [4.78, 5) is 14.1. The number of hydrogen-bond donors (Lipinski definition) is 2. The molecule has 2 N–H and O–H groups in total. The van der Waals surface area contributed by atoms with Gasteiger partial charge in [-0.2, -0.15) is 0 Å². The molecule has 0 fully saturated rings. The van der Waals surface area contributed by atoms with E-state index in [0.717, 1.165) is 5.69 Å². The lowest BCUT2D eigenvalue weighted by Gasteiger charge is -2.14. The van der Waals surface area contributed by atoms with E-state index >= 15 is 0 Å². The predicted molar refractivity (Wildman–Crippen MR) is 93.0 cm³/mol. The zero-order chi connectivity index (χ0) is 16.8. The summed E-state index contributed by atoms with van der Waals surface area (Å²) in [6.45, 7) is 0. The van der Waals surface area contributed by atoms with Crippen LogP contribution < -0.4 is 25.0 Å². The van der Waals surface area contributed by atoms with E-state index < -0.39 is 0 Å². The minimum Gasteiger partial charge on any atom is -0.497 e. The van der Waals surface area contributed by atoms with E-state index in [4.69, 9.17) is 9.47 Å². The van der Waals surface area contributed by atoms with Gasteiger partial charge in [-0.1, -0.05) is 6.07 Å². The number of benzene rings is 2. The molecule has 0 radical (unpaired) electrons. The maximum Gasteiger partial charge on any atom is 0.323 e. The molecule has 0 aliphatic carbocycles. The van der Waals surface area contributed by atoms with Gasteiger partial charge in [0.25, 0.3) is 0 Å². The third kappa shape index (κ3) is 4.54. The van der Waals surface area contributed by atoms with E-state index in [-0.39, 0.29) is 6.03 Å². The molecule has 0 aliphatic rings. The largest absolute Gasteiger partial charge is 0.497 e. The van der Waals surface area contributed by atoms with Gasteiger partial charge in [0.2, 0.25) is 0 Å². The first-order valence-electron chi connectivity index (χ1n) is 7.10. The van der Waals surface area contributed by atoms with Gasteiger partial charge in [-0.3, -0.25) is 0 Å². The summed E-state index contributed by atoms with van der Waals surface area (Å²) in [5.74, 6) is 1.21. The lowest BCUT2D eigenvalue weighted by atomic mass is 10.2. The maximum atomic E-state index is 12.1. The lowest BCUT2D eigenvalue weighted by Crippen LogP contribution is -2.19. The summed E-state index contributed by atoms with van der Waals surface area (Å²) in [7, 11) is 7.01. The van der Waals surface area contributed by atoms with Gasteiger partial charge in [0.1, 0.15) is 11.5 Å². The van der Waals surface area contributed by atoms with Crippen LogP contribution in [0, 0.1) is 0 Å². The van der Waals surface area contributed by atoms with Crippen molar-refractivity contribution < 1.29 is 14.3 Å². The number of amides is 2. The third-order valence-corrected chi connectivity index (χ3v) is 3.23. The maximum absolute atomic E-state index is 12.1. The topological polar surface area (TPSA) is 62.8 Å². The minimum absolute atomic E-state index is 0.337. The molecule has 23 heavy (non-hydrogen) atoms. The fraction of sp³-hybridized carbons (Fsp3) is 0.235. The summed E-state index contributed by atoms with van der Waals surface area (Å²) >= 11 is 0. The number of nitrogens with zero attached hydrogens (tertiary/aromatic N) is 1. The first-order chi connectivity index (χ1) is 11.0. The monoisotopic (exact) mass is 315 g/mol. The van der Waals surface area contributed by atoms with Crippen LogP contribution in [0.25, 0.3) is 0 Å². The Hall–Kier alpha value is -2.89. The lowest BCUT2D eigenvalue weighted by molar-refractivity contribution is 0.262. The van der Waals surface area contributed by atoms with Crippen LogP contribution in [0.3, 0.4) is 0 Å². The molecule has 0 saturated heterocycles. The second-order valence-corrected chi connectivity index (χ2v) is 5.13. The molecule has 0 unspecified atom stereocenters. The SMILES string of the molecule is COc1cc(NC(=O)Nc2cccc(N(C)C)c2)cc(OC)c1. The van der Waals surface area contributed by atoms with Gasteiger partial charge in [-0.25, -0.2) is 4.79 Å². The van der Waals surface area contributed by atoms with Crippen LogP contribution in [0.15, 0.2) is 42.5 Å². The summed E-state index contributed by atoms with van der Waals surface area (Å²) < 4.78 is 10.4. The van der Waals surface area contributed by atoms with Gasteiger partial charge < -0.3 is 25.0 Å². The molecule has 2 aromatic rings. The van der Waals surface area contributed by atoms with E-state index in [1.54, 1.807) is 32.4 Å². The number of carbonyl (C=O) groups is 1. The molecule has 2 amide bonds. The first kappa shape index (κ1) is 16.5. The molecule has 122 valence electrons. The number of urea groups is 1. The molecule has 6 nitrogen and oxygen atoms in total. The molecule has 2 rings (SSSR count). The van der Waals surface area contributed by atoms with Gasteiger partial charge in [0.15, 0.2) is 0 Å². The number of rotatable bonds is 5. The highest BCUT2D eigenvalue weighted by atomic mass is 16.5. The van der Waals surface area contributed by atoms with Crippen molar-refractivity contribution >= 4 is 23.1 Å². The van der Waals surface area contributed by atoms with Crippen molar-refractivity contribution in [3.8, 4) is 11.5 Å². The van der Waals surface area contributed by atoms with E-state index in [0.29, 0.717) is 22.9 Å². The standard InChI is InChI=1S/C17H21N3O3/c1-20(2)14-7-5-6-12(8-14)18-17(21)19-13-9-15(22-3)11-16(10-13)23-4/h5-11H,1-4H3,(H2,18,19,21). The Bertz CT molecular complexity index is 664. The minimum atomic E-state index is -0.337. The predicted octanol–water partition coefficient (Wildman–Crippen LogP) is 3.41. The molecular formula is C17H21N3O3. The Balaban J connectivity index is 2.09. The van der Waals surface area contributed by atoms with Crippen molar-refractivity contribution in [2.75, 3.05) is 43.8 Å². The van der Waals surface area contributed by atoms with Crippen LogP contribution >= 0.6 is 0 Å². The highest BCUT2D eigenvalue weighted by Gasteiger charge is 2.07. The number of anilines is 3. The first-order valence-corrected chi connectivity index (χ1v) is 7.10. The van der Waals surface area contributed by atoms with Crippen molar-refractivity contribution in [1.29, 1.82) is 0 Å². The normalized spacial score (nSPS) is 9.91. The van der Waals surface area contributed by atoms with E-state index in [1.807, 2.05) is 43.3 Å². The molecular weight excluding hydrogens is 294 g/mol. The van der Waals surface area contributed by atoms with Crippen molar-refractivity contribution in [2.45, 2.75) is 0 Å². The van der Waals surface area contributed by atoms with E-state index in [1.165, 1.54) is 0 Å². The van der Waals surface area contributed by atoms with Gasteiger partial charge in [-0.05, 0) is 18.2 Å². The molecule has 0 spiro atoms. The molecule has 0 saturated carbocycles. The highest BCUT2D eigenvalue weighted by molar-refractivity contribution is 6.00. The zero-order valence-electron chi connectivity index (χ0n) is 13.7. The zero-order valence-corrected chi connectivity index (χ0v) is 13.7. The second kappa shape index (κ2) is 7.40. The number of hydrogen-bond acceptors (Lipinski definition) is 4. The Morgan fingerprint density at radius 1 is 0.913 bits per heavy atom. The fourth-order valence-electron chi connectivity index (χ4n) is 2.03. The summed E-state index contributed by atoms with van der Waals surface area (Å²) in [6.07, 6.45) is 0. The van der Waals surface area contributed by atoms with Gasteiger partial charge in [0, 0.05) is 49.4 Å². The molecule has 0 heterocycles. The molecule has 0 aliphatic heterocycles. The average molecular weight is 315 g/mol. The molecule has 0 aromatic heterocycles. The molecule has 2 aromatic carbocycles. The second-order valence-electron chi connectivity index (χ2n) is 5.13. The molecule has 6 heteroatoms.